The number of fused-ring (bicyclic) bond motifs is 5. The third-order valence-corrected chi connectivity index (χ3v) is 5.01. The Kier molecular flexibility index (Phi) is 4.87. The number of esters is 1. The molecule has 0 radical (unpaired) electrons. The minimum Gasteiger partial charge on any atom is -0.463 e. The van der Waals surface area contributed by atoms with Crippen LogP contribution in [0.5, 0.6) is 0 Å². The zero-order chi connectivity index (χ0) is 21.4. The number of anilines is 2. The zero-order valence-corrected chi connectivity index (χ0v) is 16.8. The van der Waals surface area contributed by atoms with Crippen LogP contribution in [-0.4, -0.2) is 24.9 Å². The molecule has 0 spiro atoms. The summed E-state index contributed by atoms with van der Waals surface area (Å²) in [4.78, 5) is 38.6. The Bertz CT molecular complexity index is 1180. The average molecular weight is 404 g/mol. The number of furan rings is 1. The number of ether oxygens (including phenoxy) is 1. The first kappa shape index (κ1) is 19.4. The predicted octanol–water partition coefficient (Wildman–Crippen LogP) is 4.23. The molecule has 1 aromatic heterocycles. The third-order valence-electron chi connectivity index (χ3n) is 5.01. The number of hydrogen-bond acceptors (Lipinski definition) is 5. The minimum atomic E-state index is -0.705. The second-order valence-corrected chi connectivity index (χ2v) is 6.96. The van der Waals surface area contributed by atoms with Crippen LogP contribution in [0.3, 0.4) is 0 Å². The van der Waals surface area contributed by atoms with Gasteiger partial charge in [-0.1, -0.05) is 36.4 Å². The van der Waals surface area contributed by atoms with E-state index in [-0.39, 0.29) is 23.3 Å². The fourth-order valence-electron chi connectivity index (χ4n) is 3.75. The molecule has 0 unspecified atom stereocenters. The summed E-state index contributed by atoms with van der Waals surface area (Å²) in [5.74, 6) is -0.889. The van der Waals surface area contributed by atoms with E-state index in [1.807, 2.05) is 48.5 Å². The molecule has 4 rings (SSSR count). The maximum atomic E-state index is 12.5. The van der Waals surface area contributed by atoms with E-state index >= 15 is 0 Å². The van der Waals surface area contributed by atoms with Gasteiger partial charge in [0.25, 0.3) is 0 Å². The largest absolute Gasteiger partial charge is 0.463 e. The van der Waals surface area contributed by atoms with Gasteiger partial charge in [-0.2, -0.15) is 0 Å². The number of para-hydroxylation sites is 1. The molecule has 152 valence electrons. The fourth-order valence-corrected chi connectivity index (χ4v) is 3.75. The average Bonchev–Trinajstić information content (AvgIpc) is 3.08. The molecule has 0 atom stereocenters. The van der Waals surface area contributed by atoms with Crippen molar-refractivity contribution < 1.29 is 23.5 Å². The van der Waals surface area contributed by atoms with E-state index in [2.05, 4.69) is 5.32 Å². The lowest BCUT2D eigenvalue weighted by atomic mass is 9.92. The first-order valence-electron chi connectivity index (χ1n) is 9.40. The highest BCUT2D eigenvalue weighted by Gasteiger charge is 2.33. The van der Waals surface area contributed by atoms with Crippen molar-refractivity contribution in [2.24, 2.45) is 0 Å². The summed E-state index contributed by atoms with van der Waals surface area (Å²) >= 11 is 0. The van der Waals surface area contributed by atoms with Crippen LogP contribution >= 0.6 is 0 Å². The van der Waals surface area contributed by atoms with E-state index in [4.69, 9.17) is 9.15 Å². The van der Waals surface area contributed by atoms with Gasteiger partial charge in [-0.05, 0) is 23.3 Å². The molecular weight excluding hydrogens is 384 g/mol. The standard InChI is InChI=1S/C23H20N2O5/c1-13(26)24-20-19-16-9-5-4-8-15(16)12-25(14(2)27)18-11-7-6-10-17(18)21(19)30-22(20)23(28)29-3/h4-11H,12H2,1-3H3,(H,24,26). The second-order valence-electron chi connectivity index (χ2n) is 6.96. The van der Waals surface area contributed by atoms with E-state index in [1.54, 1.807) is 4.90 Å². The number of carbonyl (C=O) groups is 3. The van der Waals surface area contributed by atoms with Crippen molar-refractivity contribution in [3.63, 3.8) is 0 Å². The number of nitrogens with zero attached hydrogens (tertiary/aromatic N) is 1. The minimum absolute atomic E-state index is 0.0985. The Balaban J connectivity index is 2.14. The molecule has 7 heteroatoms. The van der Waals surface area contributed by atoms with Crippen LogP contribution < -0.4 is 10.2 Å². The number of benzene rings is 2. The molecule has 0 saturated heterocycles. The Morgan fingerprint density at radius 1 is 1.00 bits per heavy atom. The summed E-state index contributed by atoms with van der Waals surface area (Å²) in [7, 11) is 1.25. The quantitative estimate of drug-likeness (QED) is 0.646. The van der Waals surface area contributed by atoms with Crippen LogP contribution in [0.15, 0.2) is 52.9 Å². The van der Waals surface area contributed by atoms with Crippen molar-refractivity contribution in [2.75, 3.05) is 17.3 Å². The summed E-state index contributed by atoms with van der Waals surface area (Å²) in [5.41, 5.74) is 3.74. The molecule has 2 amide bonds. The molecule has 7 nitrogen and oxygen atoms in total. The molecule has 1 aliphatic heterocycles. The summed E-state index contributed by atoms with van der Waals surface area (Å²) in [5, 5.41) is 2.74. The maximum absolute atomic E-state index is 12.5. The van der Waals surface area contributed by atoms with Gasteiger partial charge in [0, 0.05) is 19.4 Å². The fraction of sp³-hybridized carbons (Fsp3) is 0.174. The highest BCUT2D eigenvalue weighted by Crippen LogP contribution is 2.48. The number of methoxy groups -OCH3 is 1. The SMILES string of the molecule is COC(=O)c1oc2c(c1NC(C)=O)-c1ccccc1CN(C(C)=O)c1ccccc1-2. The van der Waals surface area contributed by atoms with Crippen molar-refractivity contribution in [1.82, 2.24) is 0 Å². The third kappa shape index (κ3) is 3.14. The Labute approximate surface area is 173 Å². The van der Waals surface area contributed by atoms with Crippen molar-refractivity contribution in [3.8, 4) is 22.5 Å². The van der Waals surface area contributed by atoms with Gasteiger partial charge in [-0.15, -0.1) is 0 Å². The highest BCUT2D eigenvalue weighted by atomic mass is 16.5. The summed E-state index contributed by atoms with van der Waals surface area (Å²) in [6.07, 6.45) is 0. The molecule has 0 aliphatic carbocycles. The van der Waals surface area contributed by atoms with Crippen LogP contribution in [0.25, 0.3) is 22.5 Å². The van der Waals surface area contributed by atoms with Gasteiger partial charge in [0.1, 0.15) is 11.4 Å². The number of hydrogen-bond donors (Lipinski definition) is 1. The molecule has 2 aromatic carbocycles. The van der Waals surface area contributed by atoms with Gasteiger partial charge in [-0.25, -0.2) is 4.79 Å². The van der Waals surface area contributed by atoms with E-state index in [9.17, 15) is 14.4 Å². The lowest BCUT2D eigenvalue weighted by Gasteiger charge is -2.27. The van der Waals surface area contributed by atoms with E-state index in [0.717, 1.165) is 11.1 Å². The highest BCUT2D eigenvalue weighted by molar-refractivity contribution is 6.09. The molecule has 0 saturated carbocycles. The molecule has 0 bridgehead atoms. The zero-order valence-electron chi connectivity index (χ0n) is 16.8. The molecule has 2 heterocycles. The monoisotopic (exact) mass is 404 g/mol. The number of amides is 2. The topological polar surface area (TPSA) is 88.8 Å². The van der Waals surface area contributed by atoms with Crippen LogP contribution in [0.2, 0.25) is 0 Å². The number of rotatable bonds is 2. The second kappa shape index (κ2) is 7.51. The predicted molar refractivity (Wildman–Crippen MR) is 112 cm³/mol. The first-order chi connectivity index (χ1) is 14.4. The summed E-state index contributed by atoms with van der Waals surface area (Å²) in [6, 6.07) is 14.8. The van der Waals surface area contributed by atoms with E-state index in [1.165, 1.54) is 21.0 Å². The maximum Gasteiger partial charge on any atom is 0.376 e. The first-order valence-corrected chi connectivity index (χ1v) is 9.40. The smallest absolute Gasteiger partial charge is 0.376 e. The molecule has 1 N–H and O–H groups in total. The van der Waals surface area contributed by atoms with Crippen molar-refractivity contribution in [1.29, 1.82) is 0 Å². The van der Waals surface area contributed by atoms with Crippen LogP contribution in [0, 0.1) is 0 Å². The summed E-state index contributed by atoms with van der Waals surface area (Å²) < 4.78 is 10.9. The summed E-state index contributed by atoms with van der Waals surface area (Å²) in [6.45, 7) is 3.20. The van der Waals surface area contributed by atoms with Gasteiger partial charge >= 0.3 is 5.97 Å². The van der Waals surface area contributed by atoms with Gasteiger partial charge in [-0.3, -0.25) is 9.59 Å². The van der Waals surface area contributed by atoms with Gasteiger partial charge in [0.15, 0.2) is 0 Å². The van der Waals surface area contributed by atoms with Crippen LogP contribution in [-0.2, 0) is 20.9 Å². The molecule has 30 heavy (non-hydrogen) atoms. The van der Waals surface area contributed by atoms with E-state index < -0.39 is 5.97 Å². The molecular formula is C23H20N2O5. The van der Waals surface area contributed by atoms with Crippen molar-refractivity contribution >= 4 is 29.2 Å². The number of carbonyl (C=O) groups excluding carboxylic acids is 3. The molecule has 1 aliphatic rings. The van der Waals surface area contributed by atoms with Gasteiger partial charge in [0.2, 0.25) is 17.6 Å². The van der Waals surface area contributed by atoms with Gasteiger partial charge < -0.3 is 19.4 Å². The normalized spacial score (nSPS) is 12.0. The van der Waals surface area contributed by atoms with Crippen molar-refractivity contribution in [2.45, 2.75) is 20.4 Å². The lowest BCUT2D eigenvalue weighted by molar-refractivity contribution is -0.116. The molecule has 0 fully saturated rings. The van der Waals surface area contributed by atoms with Gasteiger partial charge in [0.05, 0.1) is 24.9 Å². The van der Waals surface area contributed by atoms with Crippen LogP contribution in [0.1, 0.15) is 30.0 Å². The van der Waals surface area contributed by atoms with Crippen molar-refractivity contribution in [3.05, 3.63) is 59.9 Å². The lowest BCUT2D eigenvalue weighted by Crippen LogP contribution is -2.29. The van der Waals surface area contributed by atoms with E-state index in [0.29, 0.717) is 29.1 Å². The Morgan fingerprint density at radius 2 is 1.67 bits per heavy atom. The number of nitrogens with one attached hydrogen (secondary N) is 1. The Morgan fingerprint density at radius 3 is 2.33 bits per heavy atom. The van der Waals surface area contributed by atoms with Crippen LogP contribution in [0.4, 0.5) is 11.4 Å². The molecule has 3 aromatic rings. The Hall–Kier alpha value is -3.87.